The summed E-state index contributed by atoms with van der Waals surface area (Å²) in [7, 11) is 0. The third-order valence-electron chi connectivity index (χ3n) is 3.65. The second-order valence-corrected chi connectivity index (χ2v) is 5.10. The Kier molecular flexibility index (Phi) is 4.68. The minimum absolute atomic E-state index is 0.0486. The van der Waals surface area contributed by atoms with E-state index in [4.69, 9.17) is 5.11 Å². The van der Waals surface area contributed by atoms with Gasteiger partial charge in [0.25, 0.3) is 5.69 Å². The molecule has 1 aliphatic heterocycles. The molecule has 0 aliphatic carbocycles. The van der Waals surface area contributed by atoms with Gasteiger partial charge in [-0.15, -0.1) is 0 Å². The van der Waals surface area contributed by atoms with Crippen LogP contribution in [-0.2, 0) is 11.2 Å². The first kappa shape index (κ1) is 14.5. The quantitative estimate of drug-likeness (QED) is 0.651. The molecular weight excluding hydrogens is 260 g/mol. The molecule has 0 bridgehead atoms. The summed E-state index contributed by atoms with van der Waals surface area (Å²) in [6, 6.07) is 6.38. The van der Waals surface area contributed by atoms with Crippen molar-refractivity contribution in [2.45, 2.75) is 19.3 Å². The second-order valence-electron chi connectivity index (χ2n) is 5.10. The number of benzene rings is 1. The minimum Gasteiger partial charge on any atom is -0.396 e. The van der Waals surface area contributed by atoms with Crippen molar-refractivity contribution >= 4 is 11.6 Å². The van der Waals surface area contributed by atoms with Crippen molar-refractivity contribution < 1.29 is 14.8 Å². The van der Waals surface area contributed by atoms with Gasteiger partial charge in [0.2, 0.25) is 5.91 Å². The maximum absolute atomic E-state index is 12.0. The van der Waals surface area contributed by atoms with Gasteiger partial charge in [-0.3, -0.25) is 14.9 Å². The molecule has 1 fully saturated rings. The average molecular weight is 278 g/mol. The van der Waals surface area contributed by atoms with Crippen LogP contribution in [-0.4, -0.2) is 40.5 Å². The number of carbonyl (C=O) groups excluding carboxylic acids is 1. The largest absolute Gasteiger partial charge is 0.396 e. The molecule has 1 unspecified atom stereocenters. The lowest BCUT2D eigenvalue weighted by Crippen LogP contribution is -2.29. The molecule has 1 aromatic rings. The number of aliphatic hydroxyl groups is 1. The molecule has 0 spiro atoms. The highest BCUT2D eigenvalue weighted by atomic mass is 16.6. The Morgan fingerprint density at radius 2 is 2.30 bits per heavy atom. The van der Waals surface area contributed by atoms with Crippen molar-refractivity contribution in [3.63, 3.8) is 0 Å². The van der Waals surface area contributed by atoms with Gasteiger partial charge in [-0.05, 0) is 18.4 Å². The maximum atomic E-state index is 12.0. The van der Waals surface area contributed by atoms with Gasteiger partial charge in [0.15, 0.2) is 0 Å². The van der Waals surface area contributed by atoms with Gasteiger partial charge in [-0.25, -0.2) is 0 Å². The second kappa shape index (κ2) is 6.47. The van der Waals surface area contributed by atoms with Crippen LogP contribution in [0.3, 0.4) is 0 Å². The van der Waals surface area contributed by atoms with E-state index >= 15 is 0 Å². The third kappa shape index (κ3) is 3.54. The molecule has 1 aromatic carbocycles. The lowest BCUT2D eigenvalue weighted by atomic mass is 10.1. The number of hydrogen-bond donors (Lipinski definition) is 1. The molecule has 1 atom stereocenters. The van der Waals surface area contributed by atoms with E-state index in [2.05, 4.69) is 0 Å². The molecule has 1 N–H and O–H groups in total. The van der Waals surface area contributed by atoms with Crippen LogP contribution in [0, 0.1) is 16.0 Å². The van der Waals surface area contributed by atoms with Crippen molar-refractivity contribution in [3.05, 3.63) is 39.9 Å². The first-order valence-electron chi connectivity index (χ1n) is 6.72. The van der Waals surface area contributed by atoms with E-state index in [-0.39, 0.29) is 24.1 Å². The Morgan fingerprint density at radius 3 is 2.95 bits per heavy atom. The molecule has 1 heterocycles. The number of carbonyl (C=O) groups is 1. The van der Waals surface area contributed by atoms with E-state index in [0.29, 0.717) is 25.9 Å². The molecule has 6 heteroatoms. The molecule has 108 valence electrons. The van der Waals surface area contributed by atoms with Gasteiger partial charge >= 0.3 is 0 Å². The van der Waals surface area contributed by atoms with Gasteiger partial charge in [-0.2, -0.15) is 0 Å². The summed E-state index contributed by atoms with van der Waals surface area (Å²) < 4.78 is 0. The first-order valence-corrected chi connectivity index (χ1v) is 6.72. The predicted octanol–water partition coefficient (Wildman–Crippen LogP) is 1.37. The van der Waals surface area contributed by atoms with E-state index in [9.17, 15) is 14.9 Å². The molecule has 6 nitrogen and oxygen atoms in total. The average Bonchev–Trinajstić information content (AvgIpc) is 2.94. The smallest absolute Gasteiger partial charge is 0.269 e. The predicted molar refractivity (Wildman–Crippen MR) is 73.2 cm³/mol. The minimum atomic E-state index is -0.433. The van der Waals surface area contributed by atoms with Crippen molar-refractivity contribution in [1.29, 1.82) is 0 Å². The van der Waals surface area contributed by atoms with E-state index < -0.39 is 4.92 Å². The molecule has 1 amide bonds. The maximum Gasteiger partial charge on any atom is 0.269 e. The van der Waals surface area contributed by atoms with Crippen LogP contribution in [0.15, 0.2) is 24.3 Å². The van der Waals surface area contributed by atoms with E-state index in [0.717, 1.165) is 12.0 Å². The van der Waals surface area contributed by atoms with Crippen LogP contribution in [0.25, 0.3) is 0 Å². The van der Waals surface area contributed by atoms with E-state index in [1.807, 2.05) is 0 Å². The zero-order chi connectivity index (χ0) is 14.5. The SMILES string of the molecule is O=C(CCc1cccc([N+](=O)[O-])c1)N1CCC(CO)C1. The van der Waals surface area contributed by atoms with Gasteiger partial charge in [-0.1, -0.05) is 12.1 Å². The van der Waals surface area contributed by atoms with Crippen LogP contribution >= 0.6 is 0 Å². The Balaban J connectivity index is 1.87. The summed E-state index contributed by atoms with van der Waals surface area (Å²) in [5.74, 6) is 0.240. The van der Waals surface area contributed by atoms with Gasteiger partial charge in [0.1, 0.15) is 0 Å². The first-order chi connectivity index (χ1) is 9.60. The zero-order valence-electron chi connectivity index (χ0n) is 11.2. The highest BCUT2D eigenvalue weighted by Gasteiger charge is 2.25. The fourth-order valence-corrected chi connectivity index (χ4v) is 2.44. The number of rotatable bonds is 5. The summed E-state index contributed by atoms with van der Waals surface area (Å²) in [4.78, 5) is 24.0. The molecular formula is C14H18N2O4. The molecule has 1 aliphatic rings. The fraction of sp³-hybridized carbons (Fsp3) is 0.500. The highest BCUT2D eigenvalue weighted by molar-refractivity contribution is 5.76. The van der Waals surface area contributed by atoms with E-state index in [1.54, 1.807) is 17.0 Å². The topological polar surface area (TPSA) is 83.7 Å². The number of nitro groups is 1. The Morgan fingerprint density at radius 1 is 1.50 bits per heavy atom. The number of nitro benzene ring substituents is 1. The number of aliphatic hydroxyl groups excluding tert-OH is 1. The summed E-state index contributed by atoms with van der Waals surface area (Å²) >= 11 is 0. The summed E-state index contributed by atoms with van der Waals surface area (Å²) in [6.45, 7) is 1.43. The van der Waals surface area contributed by atoms with E-state index in [1.165, 1.54) is 12.1 Å². The standard InChI is InChI=1S/C14H18N2O4/c17-10-12-6-7-15(9-12)14(18)5-4-11-2-1-3-13(8-11)16(19)20/h1-3,8,12,17H,4-7,9-10H2. The zero-order valence-corrected chi connectivity index (χ0v) is 11.2. The Labute approximate surface area is 117 Å². The number of hydrogen-bond acceptors (Lipinski definition) is 4. The fourth-order valence-electron chi connectivity index (χ4n) is 2.44. The summed E-state index contributed by atoms with van der Waals surface area (Å²) in [5, 5.41) is 19.7. The van der Waals surface area contributed by atoms with Crippen LogP contribution in [0.4, 0.5) is 5.69 Å². The highest BCUT2D eigenvalue weighted by Crippen LogP contribution is 2.18. The number of non-ortho nitro benzene ring substituents is 1. The number of nitrogens with zero attached hydrogens (tertiary/aromatic N) is 2. The third-order valence-corrected chi connectivity index (χ3v) is 3.65. The lowest BCUT2D eigenvalue weighted by Gasteiger charge is -2.16. The lowest BCUT2D eigenvalue weighted by molar-refractivity contribution is -0.384. The van der Waals surface area contributed by atoms with Crippen molar-refractivity contribution in [2.24, 2.45) is 5.92 Å². The summed E-state index contributed by atoms with van der Waals surface area (Å²) in [5.41, 5.74) is 0.849. The monoisotopic (exact) mass is 278 g/mol. The van der Waals surface area contributed by atoms with Gasteiger partial charge in [0, 0.05) is 44.2 Å². The number of aryl methyl sites for hydroxylation is 1. The van der Waals surface area contributed by atoms with Crippen molar-refractivity contribution in [3.8, 4) is 0 Å². The normalized spacial score (nSPS) is 18.2. The van der Waals surface area contributed by atoms with Crippen molar-refractivity contribution in [1.82, 2.24) is 4.90 Å². The van der Waals surface area contributed by atoms with Gasteiger partial charge < -0.3 is 10.0 Å². The molecule has 0 aromatic heterocycles. The number of likely N-dealkylation sites (tertiary alicyclic amines) is 1. The molecule has 2 rings (SSSR count). The van der Waals surface area contributed by atoms with Crippen molar-refractivity contribution in [2.75, 3.05) is 19.7 Å². The van der Waals surface area contributed by atoms with Crippen LogP contribution in [0.2, 0.25) is 0 Å². The van der Waals surface area contributed by atoms with Crippen LogP contribution < -0.4 is 0 Å². The molecule has 20 heavy (non-hydrogen) atoms. The Hall–Kier alpha value is -1.95. The Bertz CT molecular complexity index is 504. The number of amides is 1. The van der Waals surface area contributed by atoms with Crippen LogP contribution in [0.1, 0.15) is 18.4 Å². The molecule has 0 radical (unpaired) electrons. The van der Waals surface area contributed by atoms with Gasteiger partial charge in [0.05, 0.1) is 4.92 Å². The van der Waals surface area contributed by atoms with Crippen LogP contribution in [0.5, 0.6) is 0 Å². The molecule has 1 saturated heterocycles. The molecule has 0 saturated carbocycles. The summed E-state index contributed by atoms with van der Waals surface area (Å²) in [6.07, 6.45) is 1.69.